The van der Waals surface area contributed by atoms with Gasteiger partial charge in [0.15, 0.2) is 0 Å². The Hall–Kier alpha value is -0.340. The van der Waals surface area contributed by atoms with Gasteiger partial charge >= 0.3 is 0 Å². The molecule has 2 nitrogen and oxygen atoms in total. The van der Waals surface area contributed by atoms with Crippen LogP contribution in [0, 0.1) is 5.92 Å². The van der Waals surface area contributed by atoms with E-state index in [2.05, 4.69) is 19.1 Å². The second-order valence-corrected chi connectivity index (χ2v) is 3.11. The van der Waals surface area contributed by atoms with Crippen LogP contribution in [0.15, 0.2) is 12.2 Å². The van der Waals surface area contributed by atoms with E-state index in [1.807, 2.05) is 0 Å². The average Bonchev–Trinajstić information content (AvgIpc) is 2.04. The van der Waals surface area contributed by atoms with Crippen LogP contribution in [0.4, 0.5) is 0 Å². The van der Waals surface area contributed by atoms with Crippen molar-refractivity contribution >= 4 is 0 Å². The second kappa shape index (κ2) is 3.17. The van der Waals surface area contributed by atoms with Crippen molar-refractivity contribution < 1.29 is 0 Å². The molecule has 0 aromatic rings. The Labute approximate surface area is 62.3 Å². The van der Waals surface area contributed by atoms with Gasteiger partial charge in [0.05, 0.1) is 0 Å². The Bertz CT molecular complexity index is 131. The molecule has 1 aliphatic carbocycles. The van der Waals surface area contributed by atoms with E-state index >= 15 is 0 Å². The van der Waals surface area contributed by atoms with Crippen molar-refractivity contribution in [2.24, 2.45) is 17.4 Å². The Balaban J connectivity index is 2.57. The Morgan fingerprint density at radius 2 is 2.10 bits per heavy atom. The number of hydrogen-bond acceptors (Lipinski definition) is 2. The first-order valence-corrected chi connectivity index (χ1v) is 3.89. The predicted octanol–water partition coefficient (Wildman–Crippen LogP) is 0.627. The van der Waals surface area contributed by atoms with E-state index in [0.29, 0.717) is 5.92 Å². The molecule has 3 unspecified atom stereocenters. The highest BCUT2D eigenvalue weighted by Crippen LogP contribution is 2.14. The van der Waals surface area contributed by atoms with Gasteiger partial charge in [0.2, 0.25) is 0 Å². The van der Waals surface area contributed by atoms with Gasteiger partial charge in [-0.15, -0.1) is 0 Å². The number of rotatable bonds is 0. The van der Waals surface area contributed by atoms with Gasteiger partial charge < -0.3 is 11.5 Å². The number of hydrogen-bond donors (Lipinski definition) is 2. The summed E-state index contributed by atoms with van der Waals surface area (Å²) < 4.78 is 0. The first kappa shape index (κ1) is 7.76. The molecule has 2 heteroatoms. The molecule has 4 N–H and O–H groups in total. The van der Waals surface area contributed by atoms with Crippen molar-refractivity contribution in [3.05, 3.63) is 12.2 Å². The van der Waals surface area contributed by atoms with E-state index in [4.69, 9.17) is 11.5 Å². The van der Waals surface area contributed by atoms with Gasteiger partial charge in [-0.2, -0.15) is 0 Å². The summed E-state index contributed by atoms with van der Waals surface area (Å²) in [5, 5.41) is 0. The summed E-state index contributed by atoms with van der Waals surface area (Å²) >= 11 is 0. The zero-order chi connectivity index (χ0) is 7.56. The smallest absolute Gasteiger partial charge is 0.0253 e. The fourth-order valence-electron chi connectivity index (χ4n) is 1.31. The molecule has 1 rings (SSSR count). The van der Waals surface area contributed by atoms with Crippen molar-refractivity contribution in [2.45, 2.75) is 31.8 Å². The largest absolute Gasteiger partial charge is 0.326 e. The van der Waals surface area contributed by atoms with Crippen LogP contribution in [0.2, 0.25) is 0 Å². The topological polar surface area (TPSA) is 52.0 Å². The SMILES string of the molecule is CC1C=CCCC(N)C1N. The van der Waals surface area contributed by atoms with E-state index < -0.39 is 0 Å². The fourth-order valence-corrected chi connectivity index (χ4v) is 1.31. The number of allylic oxidation sites excluding steroid dienone is 1. The fraction of sp³-hybridized carbons (Fsp3) is 0.750. The van der Waals surface area contributed by atoms with Crippen LogP contribution in [0.25, 0.3) is 0 Å². The lowest BCUT2D eigenvalue weighted by Crippen LogP contribution is -2.44. The first-order chi connectivity index (χ1) is 4.72. The maximum absolute atomic E-state index is 5.85. The molecule has 1 aliphatic rings. The predicted molar refractivity (Wildman–Crippen MR) is 43.5 cm³/mol. The van der Waals surface area contributed by atoms with Crippen LogP contribution in [0.1, 0.15) is 19.8 Å². The van der Waals surface area contributed by atoms with Crippen LogP contribution >= 0.6 is 0 Å². The van der Waals surface area contributed by atoms with Crippen LogP contribution in [0.3, 0.4) is 0 Å². The summed E-state index contributed by atoms with van der Waals surface area (Å²) in [6, 6.07) is 0.337. The van der Waals surface area contributed by atoms with Gasteiger partial charge in [-0.1, -0.05) is 19.1 Å². The molecule has 0 saturated heterocycles. The van der Waals surface area contributed by atoms with Crippen molar-refractivity contribution in [3.8, 4) is 0 Å². The maximum Gasteiger partial charge on any atom is 0.0253 e. The maximum atomic E-state index is 5.85. The van der Waals surface area contributed by atoms with E-state index in [9.17, 15) is 0 Å². The van der Waals surface area contributed by atoms with Gasteiger partial charge in [0.25, 0.3) is 0 Å². The molecule has 0 aromatic heterocycles. The Morgan fingerprint density at radius 1 is 1.40 bits per heavy atom. The molecule has 58 valence electrons. The van der Waals surface area contributed by atoms with Gasteiger partial charge in [-0.05, 0) is 18.8 Å². The highest BCUT2D eigenvalue weighted by Gasteiger charge is 2.19. The highest BCUT2D eigenvalue weighted by atomic mass is 14.8. The molecule has 0 bridgehead atoms. The molecule has 0 radical (unpaired) electrons. The minimum atomic E-state index is 0.152. The van der Waals surface area contributed by atoms with Gasteiger partial charge in [-0.3, -0.25) is 0 Å². The van der Waals surface area contributed by atoms with Gasteiger partial charge in [0, 0.05) is 12.1 Å². The third-order valence-corrected chi connectivity index (χ3v) is 2.21. The molecule has 0 saturated carbocycles. The lowest BCUT2D eigenvalue weighted by Gasteiger charge is -2.20. The zero-order valence-electron chi connectivity index (χ0n) is 6.46. The van der Waals surface area contributed by atoms with Crippen LogP contribution < -0.4 is 11.5 Å². The molecular formula is C8H16N2. The summed E-state index contributed by atoms with van der Waals surface area (Å²) in [5.41, 5.74) is 11.6. The van der Waals surface area contributed by atoms with E-state index in [1.165, 1.54) is 0 Å². The zero-order valence-corrected chi connectivity index (χ0v) is 6.46. The van der Waals surface area contributed by atoms with Gasteiger partial charge in [-0.25, -0.2) is 0 Å². The Kier molecular flexibility index (Phi) is 2.46. The van der Waals surface area contributed by atoms with Crippen LogP contribution in [-0.4, -0.2) is 12.1 Å². The third-order valence-electron chi connectivity index (χ3n) is 2.21. The highest BCUT2D eigenvalue weighted by molar-refractivity contribution is 4.99. The minimum Gasteiger partial charge on any atom is -0.326 e. The summed E-state index contributed by atoms with van der Waals surface area (Å²) in [6.45, 7) is 2.12. The molecule has 0 fully saturated rings. The molecule has 0 heterocycles. The van der Waals surface area contributed by atoms with Crippen molar-refractivity contribution in [1.82, 2.24) is 0 Å². The summed E-state index contributed by atoms with van der Waals surface area (Å²) in [4.78, 5) is 0. The lowest BCUT2D eigenvalue weighted by molar-refractivity contribution is 0.439. The standard InChI is InChI=1S/C8H16N2/c1-6-4-2-3-5-7(9)8(6)10/h2,4,6-8H,3,5,9-10H2,1H3. The molecule has 0 aromatic carbocycles. The molecule has 0 amide bonds. The average molecular weight is 140 g/mol. The summed E-state index contributed by atoms with van der Waals surface area (Å²) in [7, 11) is 0. The molecule has 10 heavy (non-hydrogen) atoms. The van der Waals surface area contributed by atoms with Crippen molar-refractivity contribution in [2.75, 3.05) is 0 Å². The lowest BCUT2D eigenvalue weighted by atomic mass is 9.96. The van der Waals surface area contributed by atoms with Crippen molar-refractivity contribution in [1.29, 1.82) is 0 Å². The third kappa shape index (κ3) is 1.58. The van der Waals surface area contributed by atoms with Crippen LogP contribution in [-0.2, 0) is 0 Å². The minimum absolute atomic E-state index is 0.152. The normalized spacial score (nSPS) is 41.3. The monoisotopic (exact) mass is 140 g/mol. The molecular weight excluding hydrogens is 124 g/mol. The van der Waals surface area contributed by atoms with Gasteiger partial charge in [0.1, 0.15) is 0 Å². The summed E-state index contributed by atoms with van der Waals surface area (Å²) in [5.74, 6) is 0.442. The first-order valence-electron chi connectivity index (χ1n) is 3.89. The second-order valence-electron chi connectivity index (χ2n) is 3.11. The molecule has 0 spiro atoms. The Morgan fingerprint density at radius 3 is 2.80 bits per heavy atom. The quantitative estimate of drug-likeness (QED) is 0.485. The van der Waals surface area contributed by atoms with E-state index in [-0.39, 0.29) is 12.1 Å². The van der Waals surface area contributed by atoms with Crippen LogP contribution in [0.5, 0.6) is 0 Å². The van der Waals surface area contributed by atoms with E-state index in [1.54, 1.807) is 0 Å². The van der Waals surface area contributed by atoms with E-state index in [0.717, 1.165) is 12.8 Å². The number of nitrogens with two attached hydrogens (primary N) is 2. The van der Waals surface area contributed by atoms with Crippen molar-refractivity contribution in [3.63, 3.8) is 0 Å². The molecule has 3 atom stereocenters. The summed E-state index contributed by atoms with van der Waals surface area (Å²) in [6.07, 6.45) is 6.45. The molecule has 0 aliphatic heterocycles.